The van der Waals surface area contributed by atoms with Crippen molar-refractivity contribution in [3.8, 4) is 0 Å². The number of rotatable bonds is 5. The van der Waals surface area contributed by atoms with Gasteiger partial charge in [0.15, 0.2) is 0 Å². The molecule has 1 aromatic heterocycles. The Labute approximate surface area is 165 Å². The summed E-state index contributed by atoms with van der Waals surface area (Å²) in [5.41, 5.74) is -0.438. The van der Waals surface area contributed by atoms with Crippen LogP contribution in [0.2, 0.25) is 0 Å². The van der Waals surface area contributed by atoms with E-state index in [0.717, 1.165) is 23.5 Å². The summed E-state index contributed by atoms with van der Waals surface area (Å²) in [7, 11) is -3.63. The van der Waals surface area contributed by atoms with Crippen LogP contribution in [0.25, 0.3) is 0 Å². The molecule has 1 atom stereocenters. The number of benzene rings is 1. The molecule has 152 valence electrons. The minimum Gasteiger partial charge on any atom is -0.352 e. The molecule has 1 aliphatic rings. The smallest absolute Gasteiger partial charge is 0.352 e. The zero-order chi connectivity index (χ0) is 20.4. The Hall–Kier alpha value is -1.91. The number of thiophene rings is 1. The monoisotopic (exact) mass is 432 g/mol. The first-order valence-electron chi connectivity index (χ1n) is 8.65. The van der Waals surface area contributed by atoms with E-state index >= 15 is 0 Å². The summed E-state index contributed by atoms with van der Waals surface area (Å²) >= 11 is 1.12. The molecule has 1 N–H and O–H groups in total. The minimum absolute atomic E-state index is 0.0447. The molecular formula is C18H19F3N2O3S2. The largest absolute Gasteiger partial charge is 0.416 e. The second-order valence-corrected chi connectivity index (χ2v) is 9.66. The van der Waals surface area contributed by atoms with Gasteiger partial charge in [0.1, 0.15) is 4.21 Å². The topological polar surface area (TPSA) is 66.5 Å². The summed E-state index contributed by atoms with van der Waals surface area (Å²) in [5, 5.41) is 4.31. The molecule has 1 aromatic carbocycles. The third kappa shape index (κ3) is 4.73. The number of carbonyl (C=O) groups excluding carboxylic acids is 1. The van der Waals surface area contributed by atoms with Crippen molar-refractivity contribution in [3.63, 3.8) is 0 Å². The van der Waals surface area contributed by atoms with Crippen LogP contribution in [0, 0.1) is 5.92 Å². The van der Waals surface area contributed by atoms with E-state index in [-0.39, 0.29) is 23.2 Å². The van der Waals surface area contributed by atoms with Gasteiger partial charge in [-0.05, 0) is 42.0 Å². The van der Waals surface area contributed by atoms with Crippen LogP contribution in [-0.4, -0.2) is 31.7 Å². The fraction of sp³-hybridized carbons (Fsp3) is 0.389. The maximum atomic E-state index is 12.8. The molecule has 1 aliphatic heterocycles. The van der Waals surface area contributed by atoms with Crippen LogP contribution in [-0.2, 0) is 27.5 Å². The molecular weight excluding hydrogens is 413 g/mol. The van der Waals surface area contributed by atoms with E-state index in [1.54, 1.807) is 11.4 Å². The number of halogens is 3. The number of nitrogens with one attached hydrogen (secondary N) is 1. The van der Waals surface area contributed by atoms with Crippen LogP contribution in [0.5, 0.6) is 0 Å². The van der Waals surface area contributed by atoms with Crippen LogP contribution in [0.1, 0.15) is 24.0 Å². The number of alkyl halides is 3. The maximum Gasteiger partial charge on any atom is 0.416 e. The second kappa shape index (κ2) is 8.22. The van der Waals surface area contributed by atoms with Crippen LogP contribution >= 0.6 is 11.3 Å². The predicted octanol–water partition coefficient (Wildman–Crippen LogP) is 3.48. The van der Waals surface area contributed by atoms with Gasteiger partial charge in [-0.15, -0.1) is 11.3 Å². The van der Waals surface area contributed by atoms with E-state index in [1.807, 2.05) is 0 Å². The lowest BCUT2D eigenvalue weighted by Gasteiger charge is -2.30. The lowest BCUT2D eigenvalue weighted by Crippen LogP contribution is -2.45. The number of hydrogen-bond acceptors (Lipinski definition) is 4. The molecule has 1 fully saturated rings. The van der Waals surface area contributed by atoms with Gasteiger partial charge in [-0.3, -0.25) is 4.79 Å². The van der Waals surface area contributed by atoms with Crippen molar-refractivity contribution in [3.05, 3.63) is 52.9 Å². The van der Waals surface area contributed by atoms with E-state index in [1.165, 1.54) is 22.5 Å². The van der Waals surface area contributed by atoms with E-state index in [2.05, 4.69) is 5.32 Å². The second-order valence-electron chi connectivity index (χ2n) is 6.55. The summed E-state index contributed by atoms with van der Waals surface area (Å²) < 4.78 is 65.1. The predicted molar refractivity (Wildman–Crippen MR) is 99.1 cm³/mol. The van der Waals surface area contributed by atoms with Crippen molar-refractivity contribution in [1.82, 2.24) is 9.62 Å². The van der Waals surface area contributed by atoms with E-state index in [4.69, 9.17) is 0 Å². The SMILES string of the molecule is O=C(NCc1cccc(C(F)(F)F)c1)[C@H]1CCCN(S(=O)(=O)c2cccs2)C1. The fourth-order valence-corrected chi connectivity index (χ4v) is 5.77. The number of sulfonamides is 1. The number of carbonyl (C=O) groups is 1. The van der Waals surface area contributed by atoms with Crippen molar-refractivity contribution in [2.24, 2.45) is 5.92 Å². The molecule has 5 nitrogen and oxygen atoms in total. The number of piperidine rings is 1. The number of amides is 1. The minimum atomic E-state index is -4.44. The van der Waals surface area contributed by atoms with E-state index in [0.29, 0.717) is 24.9 Å². The van der Waals surface area contributed by atoms with Gasteiger partial charge >= 0.3 is 6.18 Å². The van der Waals surface area contributed by atoms with Gasteiger partial charge < -0.3 is 5.32 Å². The van der Waals surface area contributed by atoms with Crippen molar-refractivity contribution in [2.45, 2.75) is 29.8 Å². The summed E-state index contributed by atoms with van der Waals surface area (Å²) in [6, 6.07) is 7.94. The first-order valence-corrected chi connectivity index (χ1v) is 11.0. The van der Waals surface area contributed by atoms with Crippen LogP contribution in [0.3, 0.4) is 0 Å². The Bertz CT molecular complexity index is 928. The highest BCUT2D eigenvalue weighted by Crippen LogP contribution is 2.30. The molecule has 3 rings (SSSR count). The Morgan fingerprint density at radius 2 is 2.04 bits per heavy atom. The maximum absolute atomic E-state index is 12.8. The Kier molecular flexibility index (Phi) is 6.11. The molecule has 28 heavy (non-hydrogen) atoms. The van der Waals surface area contributed by atoms with Gasteiger partial charge in [-0.25, -0.2) is 8.42 Å². The highest BCUT2D eigenvalue weighted by molar-refractivity contribution is 7.91. The van der Waals surface area contributed by atoms with E-state index < -0.39 is 27.7 Å². The molecule has 2 aromatic rings. The average Bonchev–Trinajstić information content (AvgIpc) is 3.21. The Balaban J connectivity index is 1.62. The number of nitrogens with zero attached hydrogens (tertiary/aromatic N) is 1. The van der Waals surface area contributed by atoms with Gasteiger partial charge in [-0.2, -0.15) is 17.5 Å². The standard InChI is InChI=1S/C18H19F3N2O3S2/c19-18(20,21)15-6-1-4-13(10-15)11-22-17(24)14-5-2-8-23(12-14)28(25,26)16-7-3-9-27-16/h1,3-4,6-7,9-10,14H,2,5,8,11-12H2,(H,22,24)/t14-/m0/s1. The summed E-state index contributed by atoms with van der Waals surface area (Å²) in [6.45, 7) is 0.364. The third-order valence-corrected chi connectivity index (χ3v) is 7.80. The highest BCUT2D eigenvalue weighted by atomic mass is 32.2. The summed E-state index contributed by atoms with van der Waals surface area (Å²) in [6.07, 6.45) is -3.36. The number of hydrogen-bond donors (Lipinski definition) is 1. The first-order chi connectivity index (χ1) is 13.2. The van der Waals surface area contributed by atoms with Gasteiger partial charge in [0.2, 0.25) is 5.91 Å². The normalized spacial score (nSPS) is 18.8. The molecule has 1 saturated heterocycles. The van der Waals surface area contributed by atoms with Gasteiger partial charge in [0.25, 0.3) is 10.0 Å². The lowest BCUT2D eigenvalue weighted by molar-refractivity contribution is -0.137. The molecule has 0 unspecified atom stereocenters. The molecule has 2 heterocycles. The summed E-state index contributed by atoms with van der Waals surface area (Å²) in [4.78, 5) is 12.5. The van der Waals surface area contributed by atoms with Crippen LogP contribution in [0.15, 0.2) is 46.0 Å². The highest BCUT2D eigenvalue weighted by Gasteiger charge is 2.34. The van der Waals surface area contributed by atoms with Gasteiger partial charge in [0, 0.05) is 19.6 Å². The molecule has 0 bridgehead atoms. The molecule has 0 saturated carbocycles. The molecule has 0 spiro atoms. The average molecular weight is 432 g/mol. The molecule has 10 heteroatoms. The van der Waals surface area contributed by atoms with Crippen LogP contribution < -0.4 is 5.32 Å². The Morgan fingerprint density at radius 1 is 1.25 bits per heavy atom. The van der Waals surface area contributed by atoms with E-state index in [9.17, 15) is 26.4 Å². The van der Waals surface area contributed by atoms with Crippen molar-refractivity contribution in [1.29, 1.82) is 0 Å². The molecule has 1 amide bonds. The van der Waals surface area contributed by atoms with Crippen molar-refractivity contribution in [2.75, 3.05) is 13.1 Å². The molecule has 0 radical (unpaired) electrons. The molecule has 0 aliphatic carbocycles. The zero-order valence-corrected chi connectivity index (χ0v) is 16.4. The van der Waals surface area contributed by atoms with Gasteiger partial charge in [-0.1, -0.05) is 18.2 Å². The van der Waals surface area contributed by atoms with Crippen molar-refractivity contribution >= 4 is 27.3 Å². The third-order valence-electron chi connectivity index (χ3n) is 4.57. The first kappa shape index (κ1) is 20.8. The van der Waals surface area contributed by atoms with Crippen LogP contribution in [0.4, 0.5) is 13.2 Å². The van der Waals surface area contributed by atoms with Gasteiger partial charge in [0.05, 0.1) is 11.5 Å². The van der Waals surface area contributed by atoms with Crippen molar-refractivity contribution < 1.29 is 26.4 Å². The quantitative estimate of drug-likeness (QED) is 0.787. The lowest BCUT2D eigenvalue weighted by atomic mass is 9.98. The summed E-state index contributed by atoms with van der Waals surface area (Å²) in [5.74, 6) is -0.891. The Morgan fingerprint density at radius 3 is 2.71 bits per heavy atom. The fourth-order valence-electron chi connectivity index (χ4n) is 3.10. The zero-order valence-electron chi connectivity index (χ0n) is 14.8.